The average Bonchev–Trinajstić information content (AvgIpc) is 2.61. The largest absolute Gasteiger partial charge is 0.449 e. The number of hydrogen-bond acceptors (Lipinski definition) is 4. The van der Waals surface area contributed by atoms with Crippen LogP contribution in [0.3, 0.4) is 0 Å². The van der Waals surface area contributed by atoms with Crippen LogP contribution in [0.4, 0.5) is 11.4 Å². The number of halogens is 1. The smallest absolute Gasteiger partial charge is 0.338 e. The maximum Gasteiger partial charge on any atom is 0.338 e. The molecule has 0 saturated carbocycles. The minimum Gasteiger partial charge on any atom is -0.449 e. The molecule has 0 saturated heterocycles. The first-order valence-electron chi connectivity index (χ1n) is 8.75. The number of esters is 1. The van der Waals surface area contributed by atoms with Crippen molar-refractivity contribution in [1.29, 1.82) is 0 Å². The molecule has 0 aliphatic rings. The first-order chi connectivity index (χ1) is 13.1. The monoisotopic (exact) mass is 402 g/mol. The van der Waals surface area contributed by atoms with Gasteiger partial charge in [0.1, 0.15) is 0 Å². The Morgan fingerprint density at radius 1 is 0.964 bits per heavy atom. The van der Waals surface area contributed by atoms with Crippen molar-refractivity contribution in [2.75, 3.05) is 10.6 Å². The van der Waals surface area contributed by atoms with Crippen LogP contribution in [0.1, 0.15) is 38.1 Å². The molecule has 0 fully saturated rings. The van der Waals surface area contributed by atoms with Crippen LogP contribution in [0.2, 0.25) is 5.02 Å². The van der Waals surface area contributed by atoms with Gasteiger partial charge in [0.15, 0.2) is 6.10 Å². The van der Waals surface area contributed by atoms with Gasteiger partial charge in [0.2, 0.25) is 5.91 Å². The van der Waals surface area contributed by atoms with Crippen molar-refractivity contribution in [2.24, 2.45) is 5.41 Å². The van der Waals surface area contributed by atoms with E-state index in [2.05, 4.69) is 10.6 Å². The van der Waals surface area contributed by atoms with E-state index in [1.807, 2.05) is 0 Å². The summed E-state index contributed by atoms with van der Waals surface area (Å²) in [5.41, 5.74) is 0.649. The molecule has 0 heterocycles. The Labute approximate surface area is 169 Å². The van der Waals surface area contributed by atoms with Gasteiger partial charge in [-0.05, 0) is 43.3 Å². The summed E-state index contributed by atoms with van der Waals surface area (Å²) < 4.78 is 5.23. The molecule has 2 amide bonds. The maximum absolute atomic E-state index is 12.4. The van der Waals surface area contributed by atoms with Gasteiger partial charge < -0.3 is 15.4 Å². The van der Waals surface area contributed by atoms with Crippen molar-refractivity contribution in [2.45, 2.75) is 33.8 Å². The summed E-state index contributed by atoms with van der Waals surface area (Å²) in [6.07, 6.45) is -1.01. The van der Waals surface area contributed by atoms with Gasteiger partial charge in [0.25, 0.3) is 5.91 Å². The molecule has 2 aromatic carbocycles. The molecule has 2 rings (SSSR count). The second-order valence-corrected chi connectivity index (χ2v) is 7.77. The SMILES string of the molecule is CC(OC(=O)c1cccc(NC(=O)C(C)(C)C)c1)C(=O)Nc1cccc(Cl)c1. The Bertz CT molecular complexity index is 890. The second-order valence-electron chi connectivity index (χ2n) is 7.33. The van der Waals surface area contributed by atoms with Gasteiger partial charge in [-0.1, -0.05) is 44.5 Å². The van der Waals surface area contributed by atoms with Crippen molar-refractivity contribution in [3.8, 4) is 0 Å². The average molecular weight is 403 g/mol. The predicted molar refractivity (Wildman–Crippen MR) is 109 cm³/mol. The number of ether oxygens (including phenoxy) is 1. The summed E-state index contributed by atoms with van der Waals surface area (Å²) >= 11 is 5.88. The summed E-state index contributed by atoms with van der Waals surface area (Å²) in [5, 5.41) is 5.87. The molecule has 28 heavy (non-hydrogen) atoms. The van der Waals surface area contributed by atoms with Crippen LogP contribution in [0.25, 0.3) is 0 Å². The van der Waals surface area contributed by atoms with E-state index < -0.39 is 23.4 Å². The molecule has 0 aliphatic carbocycles. The van der Waals surface area contributed by atoms with Crippen molar-refractivity contribution in [1.82, 2.24) is 0 Å². The molecule has 1 atom stereocenters. The van der Waals surface area contributed by atoms with Crippen molar-refractivity contribution in [3.63, 3.8) is 0 Å². The lowest BCUT2D eigenvalue weighted by Gasteiger charge is -2.18. The second kappa shape index (κ2) is 8.89. The van der Waals surface area contributed by atoms with E-state index in [0.717, 1.165) is 0 Å². The number of amides is 2. The van der Waals surface area contributed by atoms with Crippen molar-refractivity contribution in [3.05, 3.63) is 59.1 Å². The van der Waals surface area contributed by atoms with E-state index in [-0.39, 0.29) is 11.5 Å². The summed E-state index contributed by atoms with van der Waals surface area (Å²) in [7, 11) is 0. The van der Waals surface area contributed by atoms with Crippen molar-refractivity contribution < 1.29 is 19.1 Å². The fourth-order valence-corrected chi connectivity index (χ4v) is 2.33. The maximum atomic E-state index is 12.4. The first-order valence-corrected chi connectivity index (χ1v) is 9.13. The van der Waals surface area contributed by atoms with E-state index in [9.17, 15) is 14.4 Å². The Morgan fingerprint density at radius 3 is 2.18 bits per heavy atom. The van der Waals surface area contributed by atoms with E-state index in [1.165, 1.54) is 13.0 Å². The molecule has 0 aromatic heterocycles. The van der Waals surface area contributed by atoms with E-state index in [1.54, 1.807) is 63.2 Å². The molecule has 0 bridgehead atoms. The van der Waals surface area contributed by atoms with Crippen LogP contribution < -0.4 is 10.6 Å². The van der Waals surface area contributed by atoms with Gasteiger partial charge in [-0.15, -0.1) is 0 Å². The third kappa shape index (κ3) is 6.09. The molecule has 148 valence electrons. The standard InChI is InChI=1S/C21H23ClN2O4/c1-13(18(25)23-17-10-6-8-15(22)12-17)28-19(26)14-7-5-9-16(11-14)24-20(27)21(2,3)4/h5-13H,1-4H3,(H,23,25)(H,24,27). The highest BCUT2D eigenvalue weighted by atomic mass is 35.5. The quantitative estimate of drug-likeness (QED) is 0.720. The van der Waals surface area contributed by atoms with Crippen LogP contribution in [-0.4, -0.2) is 23.9 Å². The highest BCUT2D eigenvalue weighted by Gasteiger charge is 2.22. The van der Waals surface area contributed by atoms with E-state index in [0.29, 0.717) is 16.4 Å². The highest BCUT2D eigenvalue weighted by molar-refractivity contribution is 6.30. The van der Waals surface area contributed by atoms with Crippen LogP contribution in [-0.2, 0) is 14.3 Å². The molecular formula is C21H23ClN2O4. The van der Waals surface area contributed by atoms with Gasteiger partial charge in [-0.2, -0.15) is 0 Å². The molecule has 6 nitrogen and oxygen atoms in total. The normalized spacial score (nSPS) is 12.0. The molecular weight excluding hydrogens is 380 g/mol. The zero-order valence-electron chi connectivity index (χ0n) is 16.2. The Balaban J connectivity index is 2.00. The molecule has 0 aliphatic heterocycles. The minimum absolute atomic E-state index is 0.174. The van der Waals surface area contributed by atoms with Gasteiger partial charge in [0.05, 0.1) is 5.56 Å². The molecule has 0 radical (unpaired) electrons. The van der Waals surface area contributed by atoms with Crippen LogP contribution in [0.5, 0.6) is 0 Å². The van der Waals surface area contributed by atoms with Crippen molar-refractivity contribution >= 4 is 40.8 Å². The highest BCUT2D eigenvalue weighted by Crippen LogP contribution is 2.19. The summed E-state index contributed by atoms with van der Waals surface area (Å²) in [6, 6.07) is 13.0. The number of carbonyl (C=O) groups excluding carboxylic acids is 3. The number of hydrogen-bond donors (Lipinski definition) is 2. The van der Waals surface area contributed by atoms with Gasteiger partial charge in [0, 0.05) is 21.8 Å². The van der Waals surface area contributed by atoms with E-state index >= 15 is 0 Å². The Kier molecular flexibility index (Phi) is 6.80. The predicted octanol–water partition coefficient (Wildman–Crippen LogP) is 4.51. The van der Waals surface area contributed by atoms with Gasteiger partial charge >= 0.3 is 5.97 Å². The molecule has 1 unspecified atom stereocenters. The lowest BCUT2D eigenvalue weighted by atomic mass is 9.95. The fourth-order valence-electron chi connectivity index (χ4n) is 2.13. The molecule has 2 N–H and O–H groups in total. The molecule has 0 spiro atoms. The minimum atomic E-state index is -1.01. The third-order valence-corrected chi connectivity index (χ3v) is 4.02. The summed E-state index contributed by atoms with van der Waals surface area (Å²) in [4.78, 5) is 36.7. The number of carbonyl (C=O) groups is 3. The Hall–Kier alpha value is -2.86. The number of rotatable bonds is 5. The summed E-state index contributed by atoms with van der Waals surface area (Å²) in [5.74, 6) is -1.32. The molecule has 2 aromatic rings. The lowest BCUT2D eigenvalue weighted by Crippen LogP contribution is -2.30. The summed E-state index contributed by atoms with van der Waals surface area (Å²) in [6.45, 7) is 6.85. The fraction of sp³-hybridized carbons (Fsp3) is 0.286. The van der Waals surface area contributed by atoms with Gasteiger partial charge in [-0.25, -0.2) is 4.79 Å². The van der Waals surface area contributed by atoms with Crippen LogP contribution in [0, 0.1) is 5.41 Å². The molecule has 7 heteroatoms. The first kappa shape index (κ1) is 21.4. The number of benzene rings is 2. The van der Waals surface area contributed by atoms with Gasteiger partial charge in [-0.3, -0.25) is 9.59 Å². The Morgan fingerprint density at radius 2 is 1.57 bits per heavy atom. The lowest BCUT2D eigenvalue weighted by molar-refractivity contribution is -0.124. The van der Waals surface area contributed by atoms with Crippen LogP contribution in [0.15, 0.2) is 48.5 Å². The number of nitrogens with one attached hydrogen (secondary N) is 2. The third-order valence-electron chi connectivity index (χ3n) is 3.78. The zero-order valence-corrected chi connectivity index (χ0v) is 17.0. The topological polar surface area (TPSA) is 84.5 Å². The van der Waals surface area contributed by atoms with Crippen LogP contribution >= 0.6 is 11.6 Å². The zero-order chi connectivity index (χ0) is 20.9. The number of anilines is 2. The van der Waals surface area contributed by atoms with E-state index in [4.69, 9.17) is 16.3 Å².